The molecule has 136 valence electrons. The summed E-state index contributed by atoms with van der Waals surface area (Å²) >= 11 is 3.07. The Bertz CT molecular complexity index is 576. The molecule has 1 heterocycles. The van der Waals surface area contributed by atoms with Gasteiger partial charge in [-0.3, -0.25) is 9.79 Å². The summed E-state index contributed by atoms with van der Waals surface area (Å²) in [4.78, 5) is 20.1. The summed E-state index contributed by atoms with van der Waals surface area (Å²) in [6.45, 7) is 7.68. The van der Waals surface area contributed by atoms with Crippen LogP contribution >= 0.6 is 23.5 Å². The first-order valence-electron chi connectivity index (χ1n) is 9.74. The smallest absolute Gasteiger partial charge is 0.247 e. The molecule has 3 fully saturated rings. The van der Waals surface area contributed by atoms with E-state index in [0.29, 0.717) is 17.9 Å². The lowest BCUT2D eigenvalue weighted by Gasteiger charge is -2.39. The molecule has 2 saturated carbocycles. The van der Waals surface area contributed by atoms with Crippen LogP contribution in [0.5, 0.6) is 0 Å². The van der Waals surface area contributed by atoms with Crippen LogP contribution in [0, 0.1) is 16.7 Å². The maximum absolute atomic E-state index is 13.5. The van der Waals surface area contributed by atoms with E-state index in [4.69, 9.17) is 1.37 Å². The molecule has 3 aliphatic rings. The van der Waals surface area contributed by atoms with Gasteiger partial charge < -0.3 is 4.90 Å². The predicted molar refractivity (Wildman–Crippen MR) is 107 cm³/mol. The van der Waals surface area contributed by atoms with Crippen molar-refractivity contribution < 1.29 is 6.17 Å². The van der Waals surface area contributed by atoms with Crippen molar-refractivity contribution in [3.63, 3.8) is 0 Å². The molecular weight excluding hydrogens is 336 g/mol. The van der Waals surface area contributed by atoms with Gasteiger partial charge in [-0.15, -0.1) is 23.5 Å². The summed E-state index contributed by atoms with van der Waals surface area (Å²) in [5.41, 5.74) is 0.612. The van der Waals surface area contributed by atoms with Crippen LogP contribution in [-0.2, 0) is 4.79 Å². The molecule has 1 amide bonds. The molecule has 1 saturated heterocycles. The molecule has 0 radical (unpaired) electrons. The highest BCUT2D eigenvalue weighted by molar-refractivity contribution is 8.38. The SMILES string of the molecule is [2H][C@@](CCC)(N=C(SC)SC)C(=O)N1CC[C@]23CCC(CC12)C3(C)C. The fraction of sp³-hybridized carbons (Fsp3) is 0.895. The van der Waals surface area contributed by atoms with Gasteiger partial charge in [0.05, 0.1) is 1.37 Å². The van der Waals surface area contributed by atoms with Crippen molar-refractivity contribution in [2.24, 2.45) is 21.7 Å². The number of likely N-dealkylation sites (tertiary alicyclic amines) is 1. The minimum absolute atomic E-state index is 0.0554. The topological polar surface area (TPSA) is 32.7 Å². The van der Waals surface area contributed by atoms with E-state index in [1.807, 2.05) is 19.4 Å². The van der Waals surface area contributed by atoms with E-state index in [1.54, 1.807) is 0 Å². The van der Waals surface area contributed by atoms with Crippen molar-refractivity contribution in [1.82, 2.24) is 4.90 Å². The summed E-state index contributed by atoms with van der Waals surface area (Å²) in [7, 11) is 0. The highest BCUT2D eigenvalue weighted by atomic mass is 32.2. The fourth-order valence-electron chi connectivity index (χ4n) is 5.68. The van der Waals surface area contributed by atoms with Crippen molar-refractivity contribution >= 4 is 33.8 Å². The predicted octanol–water partition coefficient (Wildman–Crippen LogP) is 4.66. The van der Waals surface area contributed by atoms with Crippen LogP contribution in [0.25, 0.3) is 0 Å². The first-order valence-corrected chi connectivity index (χ1v) is 11.7. The van der Waals surface area contributed by atoms with Crippen molar-refractivity contribution in [2.45, 2.75) is 71.4 Å². The van der Waals surface area contributed by atoms with E-state index in [-0.39, 0.29) is 11.3 Å². The van der Waals surface area contributed by atoms with Crippen molar-refractivity contribution in [3.05, 3.63) is 0 Å². The van der Waals surface area contributed by atoms with Crippen LogP contribution in [0.1, 0.15) is 60.7 Å². The number of nitrogens with zero attached hydrogens (tertiary/aromatic N) is 2. The largest absolute Gasteiger partial charge is 0.337 e. The zero-order valence-electron chi connectivity index (χ0n) is 16.7. The normalized spacial score (nSPS) is 36.2. The van der Waals surface area contributed by atoms with Crippen LogP contribution in [-0.4, -0.2) is 46.3 Å². The lowest BCUT2D eigenvalue weighted by molar-refractivity contribution is -0.134. The van der Waals surface area contributed by atoms with Crippen molar-refractivity contribution in [2.75, 3.05) is 19.1 Å². The van der Waals surface area contributed by atoms with Gasteiger partial charge in [0.2, 0.25) is 5.91 Å². The second-order valence-electron chi connectivity index (χ2n) is 8.10. The van der Waals surface area contributed by atoms with E-state index in [1.165, 1.54) is 36.4 Å². The number of hydrogen-bond donors (Lipinski definition) is 0. The number of rotatable bonds is 4. The first-order chi connectivity index (χ1) is 11.8. The molecule has 5 heteroatoms. The van der Waals surface area contributed by atoms with Crippen molar-refractivity contribution in [3.8, 4) is 0 Å². The van der Waals surface area contributed by atoms with E-state index < -0.39 is 6.02 Å². The van der Waals surface area contributed by atoms with Gasteiger partial charge >= 0.3 is 0 Å². The van der Waals surface area contributed by atoms with E-state index in [9.17, 15) is 4.79 Å². The van der Waals surface area contributed by atoms with Gasteiger partial charge in [-0.25, -0.2) is 0 Å². The second kappa shape index (κ2) is 6.86. The van der Waals surface area contributed by atoms with Crippen LogP contribution in [0.2, 0.25) is 0 Å². The standard InChI is InChI=1S/C19H32N2OS2/c1-6-7-14(20-17(23-4)24-5)16(22)21-11-10-19-9-8-13(12-15(19)21)18(19,2)3/h13-15H,6-12H2,1-5H3/t13?,14-,15?,19+/m0/s1/i14D. The second-order valence-corrected chi connectivity index (χ2v) is 9.94. The van der Waals surface area contributed by atoms with Gasteiger partial charge in [0, 0.05) is 12.6 Å². The molecule has 3 nitrogen and oxygen atoms in total. The summed E-state index contributed by atoms with van der Waals surface area (Å²) in [6, 6.07) is -1.02. The molecule has 2 bridgehead atoms. The molecule has 3 rings (SSSR count). The number of carbonyl (C=O) groups is 1. The van der Waals surface area contributed by atoms with Crippen LogP contribution in [0.4, 0.5) is 0 Å². The summed E-state index contributed by atoms with van der Waals surface area (Å²) in [6.07, 6.45) is 10.0. The average Bonchev–Trinajstić information content (AvgIpc) is 3.16. The Labute approximate surface area is 157 Å². The molecule has 0 aromatic rings. The Kier molecular flexibility index (Phi) is 4.94. The highest BCUT2D eigenvalue weighted by Crippen LogP contribution is 2.70. The third-order valence-electron chi connectivity index (χ3n) is 7.13. The zero-order chi connectivity index (χ0) is 18.5. The highest BCUT2D eigenvalue weighted by Gasteiger charge is 2.68. The van der Waals surface area contributed by atoms with Gasteiger partial charge in [-0.2, -0.15) is 0 Å². The molecule has 24 heavy (non-hydrogen) atoms. The Balaban J connectivity index is 1.89. The number of thioether (sulfide) groups is 2. The van der Waals surface area contributed by atoms with Gasteiger partial charge in [-0.1, -0.05) is 27.2 Å². The fourth-order valence-corrected chi connectivity index (χ4v) is 6.75. The van der Waals surface area contributed by atoms with E-state index >= 15 is 0 Å². The molecule has 2 unspecified atom stereocenters. The monoisotopic (exact) mass is 369 g/mol. The molecule has 0 N–H and O–H groups in total. The molecule has 2 aliphatic carbocycles. The molecule has 0 aromatic carbocycles. The minimum atomic E-state index is -1.35. The van der Waals surface area contributed by atoms with E-state index in [0.717, 1.165) is 36.1 Å². The average molecular weight is 370 g/mol. The summed E-state index contributed by atoms with van der Waals surface area (Å²) in [5, 5.41) is 0. The lowest BCUT2D eigenvalue weighted by atomic mass is 9.67. The molecular formula is C19H32N2OS2. The van der Waals surface area contributed by atoms with E-state index in [2.05, 4.69) is 23.7 Å². The van der Waals surface area contributed by atoms with Gasteiger partial charge in [0.15, 0.2) is 0 Å². The molecule has 1 spiro atoms. The maximum atomic E-state index is 13.5. The molecule has 1 aliphatic heterocycles. The number of amides is 1. The minimum Gasteiger partial charge on any atom is -0.337 e. The Hall–Kier alpha value is -0.160. The van der Waals surface area contributed by atoms with Gasteiger partial charge in [0.25, 0.3) is 0 Å². The molecule has 4 atom stereocenters. The van der Waals surface area contributed by atoms with Crippen LogP contribution in [0.15, 0.2) is 4.99 Å². The van der Waals surface area contributed by atoms with Crippen LogP contribution in [0.3, 0.4) is 0 Å². The number of aliphatic imine (C=N–C) groups is 1. The number of carbonyl (C=O) groups excluding carboxylic acids is 1. The third-order valence-corrected chi connectivity index (χ3v) is 9.01. The Morgan fingerprint density at radius 3 is 2.67 bits per heavy atom. The maximum Gasteiger partial charge on any atom is 0.247 e. The zero-order valence-corrected chi connectivity index (χ0v) is 17.4. The van der Waals surface area contributed by atoms with Crippen molar-refractivity contribution in [1.29, 1.82) is 0 Å². The van der Waals surface area contributed by atoms with Crippen LogP contribution < -0.4 is 0 Å². The summed E-state index contributed by atoms with van der Waals surface area (Å²) < 4.78 is 9.74. The number of fused-ring (bicyclic) bond motifs is 1. The lowest BCUT2D eigenvalue weighted by Crippen LogP contribution is -2.46. The molecule has 0 aromatic heterocycles. The first kappa shape index (κ1) is 17.3. The van der Waals surface area contributed by atoms with Gasteiger partial charge in [-0.05, 0) is 61.4 Å². The number of hydrogen-bond acceptors (Lipinski definition) is 4. The van der Waals surface area contributed by atoms with Gasteiger partial charge in [0.1, 0.15) is 10.4 Å². The quantitative estimate of drug-likeness (QED) is 0.533. The summed E-state index contributed by atoms with van der Waals surface area (Å²) in [5.74, 6) is 0.677. The Morgan fingerprint density at radius 1 is 1.38 bits per heavy atom. The Morgan fingerprint density at radius 2 is 2.08 bits per heavy atom. The third kappa shape index (κ3) is 2.65.